The Labute approximate surface area is 95.1 Å². The second kappa shape index (κ2) is 5.95. The maximum Gasteiger partial charge on any atom is 0.176 e. The first-order chi connectivity index (χ1) is 7.15. The smallest absolute Gasteiger partial charge is 0.176 e. The molecule has 0 aromatic carbocycles. The number of hydrogen-bond acceptors (Lipinski definition) is 4. The first-order valence-corrected chi connectivity index (χ1v) is 6.26. The molecule has 0 aliphatic heterocycles. The van der Waals surface area contributed by atoms with Gasteiger partial charge in [0.2, 0.25) is 0 Å². The van der Waals surface area contributed by atoms with E-state index in [1.807, 2.05) is 0 Å². The highest BCUT2D eigenvalue weighted by atomic mass is 32.1. The molecule has 1 rings (SSSR count). The summed E-state index contributed by atoms with van der Waals surface area (Å²) in [6.07, 6.45) is 3.44. The molecule has 1 aromatic heterocycles. The molecule has 0 saturated heterocycles. The van der Waals surface area contributed by atoms with E-state index in [2.05, 4.69) is 30.4 Å². The van der Waals surface area contributed by atoms with Gasteiger partial charge in [-0.25, -0.2) is 0 Å². The third-order valence-corrected chi connectivity index (χ3v) is 3.05. The summed E-state index contributed by atoms with van der Waals surface area (Å²) in [5.41, 5.74) is 0.885. The molecular formula is C11H18N2OS. The van der Waals surface area contributed by atoms with Crippen molar-refractivity contribution in [2.75, 3.05) is 0 Å². The van der Waals surface area contributed by atoms with Gasteiger partial charge in [-0.3, -0.25) is 4.79 Å². The third kappa shape index (κ3) is 3.70. The molecule has 3 nitrogen and oxygen atoms in total. The van der Waals surface area contributed by atoms with Crippen molar-refractivity contribution in [3.63, 3.8) is 0 Å². The fraction of sp³-hybridized carbons (Fsp3) is 0.727. The SMILES string of the molecule is CCCc1nnsc1C(=O)CCC(C)C. The standard InChI is InChI=1S/C11H18N2OS/c1-4-5-9-11(15-13-12-9)10(14)7-6-8(2)3/h8H,4-7H2,1-3H3. The summed E-state index contributed by atoms with van der Waals surface area (Å²) in [4.78, 5) is 12.6. The zero-order chi connectivity index (χ0) is 11.3. The minimum absolute atomic E-state index is 0.210. The predicted octanol–water partition coefficient (Wildman–Crippen LogP) is 3.11. The number of aryl methyl sites for hydroxylation is 1. The van der Waals surface area contributed by atoms with Crippen LogP contribution < -0.4 is 0 Å². The van der Waals surface area contributed by atoms with Crippen LogP contribution in [-0.2, 0) is 6.42 Å². The molecular weight excluding hydrogens is 208 g/mol. The van der Waals surface area contributed by atoms with E-state index in [0.717, 1.165) is 29.8 Å². The van der Waals surface area contributed by atoms with Gasteiger partial charge in [0.15, 0.2) is 5.78 Å². The Hall–Kier alpha value is -0.770. The van der Waals surface area contributed by atoms with Gasteiger partial charge in [-0.05, 0) is 30.3 Å². The van der Waals surface area contributed by atoms with Gasteiger partial charge in [-0.1, -0.05) is 31.7 Å². The van der Waals surface area contributed by atoms with Gasteiger partial charge >= 0.3 is 0 Å². The Morgan fingerprint density at radius 2 is 2.20 bits per heavy atom. The first-order valence-electron chi connectivity index (χ1n) is 5.49. The summed E-state index contributed by atoms with van der Waals surface area (Å²) in [7, 11) is 0. The highest BCUT2D eigenvalue weighted by molar-refractivity contribution is 7.08. The van der Waals surface area contributed by atoms with Crippen LogP contribution in [0.4, 0.5) is 0 Å². The second-order valence-corrected chi connectivity index (χ2v) is 4.91. The predicted molar refractivity (Wildman–Crippen MR) is 62.3 cm³/mol. The molecule has 0 unspecified atom stereocenters. The molecule has 4 heteroatoms. The van der Waals surface area contributed by atoms with Gasteiger partial charge < -0.3 is 0 Å². The lowest BCUT2D eigenvalue weighted by atomic mass is 10.0. The summed E-state index contributed by atoms with van der Waals surface area (Å²) in [6, 6.07) is 0. The van der Waals surface area contributed by atoms with Gasteiger partial charge in [0, 0.05) is 6.42 Å². The molecule has 0 N–H and O–H groups in total. The minimum atomic E-state index is 0.210. The molecule has 0 bridgehead atoms. The van der Waals surface area contributed by atoms with Crippen LogP contribution in [0.15, 0.2) is 0 Å². The molecule has 0 spiro atoms. The molecule has 0 atom stereocenters. The van der Waals surface area contributed by atoms with E-state index in [-0.39, 0.29) is 5.78 Å². The average molecular weight is 226 g/mol. The van der Waals surface area contributed by atoms with E-state index < -0.39 is 0 Å². The number of nitrogens with zero attached hydrogens (tertiary/aromatic N) is 2. The largest absolute Gasteiger partial charge is 0.293 e. The van der Waals surface area contributed by atoms with Crippen LogP contribution in [0.1, 0.15) is 55.4 Å². The molecule has 1 aromatic rings. The van der Waals surface area contributed by atoms with E-state index in [0.29, 0.717) is 12.3 Å². The summed E-state index contributed by atoms with van der Waals surface area (Å²) in [5, 5.41) is 4.00. The van der Waals surface area contributed by atoms with Crippen molar-refractivity contribution >= 4 is 17.3 Å². The van der Waals surface area contributed by atoms with Crippen LogP contribution in [0.3, 0.4) is 0 Å². The maximum absolute atomic E-state index is 11.8. The van der Waals surface area contributed by atoms with E-state index >= 15 is 0 Å². The van der Waals surface area contributed by atoms with E-state index in [1.165, 1.54) is 11.5 Å². The summed E-state index contributed by atoms with van der Waals surface area (Å²) >= 11 is 1.24. The molecule has 0 radical (unpaired) electrons. The molecule has 15 heavy (non-hydrogen) atoms. The van der Waals surface area contributed by atoms with Crippen molar-refractivity contribution in [3.8, 4) is 0 Å². The Kier molecular flexibility index (Phi) is 4.88. The van der Waals surface area contributed by atoms with E-state index in [4.69, 9.17) is 0 Å². The van der Waals surface area contributed by atoms with Crippen LogP contribution >= 0.6 is 11.5 Å². The number of Topliss-reactive ketones (excluding diaryl/α,β-unsaturated/α-hetero) is 1. The number of carbonyl (C=O) groups excluding carboxylic acids is 1. The van der Waals surface area contributed by atoms with Crippen molar-refractivity contribution in [1.29, 1.82) is 0 Å². The summed E-state index contributed by atoms with van der Waals surface area (Å²) in [6.45, 7) is 6.35. The highest BCUT2D eigenvalue weighted by Gasteiger charge is 2.15. The molecule has 84 valence electrons. The molecule has 0 amide bonds. The number of ketones is 1. The lowest BCUT2D eigenvalue weighted by Crippen LogP contribution is -2.02. The van der Waals surface area contributed by atoms with Crippen molar-refractivity contribution in [1.82, 2.24) is 9.59 Å². The molecule has 0 saturated carbocycles. The fourth-order valence-electron chi connectivity index (χ4n) is 1.35. The average Bonchev–Trinajstić information content (AvgIpc) is 2.63. The Balaban J connectivity index is 2.60. The normalized spacial score (nSPS) is 10.9. The third-order valence-electron chi connectivity index (χ3n) is 2.24. The molecule has 0 fully saturated rings. The summed E-state index contributed by atoms with van der Waals surface area (Å²) in [5.74, 6) is 0.784. The van der Waals surface area contributed by atoms with Gasteiger partial charge in [0.1, 0.15) is 4.88 Å². The zero-order valence-electron chi connectivity index (χ0n) is 9.62. The van der Waals surface area contributed by atoms with E-state index in [1.54, 1.807) is 0 Å². The number of carbonyl (C=O) groups is 1. The van der Waals surface area contributed by atoms with Crippen molar-refractivity contribution < 1.29 is 4.79 Å². The number of hydrogen-bond donors (Lipinski definition) is 0. The lowest BCUT2D eigenvalue weighted by Gasteiger charge is -2.02. The summed E-state index contributed by atoms with van der Waals surface area (Å²) < 4.78 is 3.86. The highest BCUT2D eigenvalue weighted by Crippen LogP contribution is 2.17. The maximum atomic E-state index is 11.8. The van der Waals surface area contributed by atoms with E-state index in [9.17, 15) is 4.79 Å². The topological polar surface area (TPSA) is 42.9 Å². The van der Waals surface area contributed by atoms with Gasteiger partial charge in [-0.2, -0.15) is 0 Å². The quantitative estimate of drug-likeness (QED) is 0.700. The zero-order valence-corrected chi connectivity index (χ0v) is 10.4. The van der Waals surface area contributed by atoms with Crippen molar-refractivity contribution in [3.05, 3.63) is 10.6 Å². The van der Waals surface area contributed by atoms with Crippen LogP contribution in [0.5, 0.6) is 0 Å². The molecule has 0 aliphatic rings. The van der Waals surface area contributed by atoms with Crippen LogP contribution in [-0.4, -0.2) is 15.4 Å². The van der Waals surface area contributed by atoms with Crippen LogP contribution in [0.2, 0.25) is 0 Å². The lowest BCUT2D eigenvalue weighted by molar-refractivity contribution is 0.0978. The van der Waals surface area contributed by atoms with Gasteiger partial charge in [0.25, 0.3) is 0 Å². The molecule has 0 aliphatic carbocycles. The minimum Gasteiger partial charge on any atom is -0.293 e. The van der Waals surface area contributed by atoms with Crippen LogP contribution in [0.25, 0.3) is 0 Å². The van der Waals surface area contributed by atoms with Crippen LogP contribution in [0, 0.1) is 5.92 Å². The number of aromatic nitrogens is 2. The van der Waals surface area contributed by atoms with Crippen molar-refractivity contribution in [2.24, 2.45) is 5.92 Å². The van der Waals surface area contributed by atoms with Gasteiger partial charge in [0.05, 0.1) is 5.69 Å². The Morgan fingerprint density at radius 3 is 2.80 bits per heavy atom. The van der Waals surface area contributed by atoms with Gasteiger partial charge in [-0.15, -0.1) is 5.10 Å². The second-order valence-electron chi connectivity index (χ2n) is 4.15. The molecule has 1 heterocycles. The number of rotatable bonds is 6. The monoisotopic (exact) mass is 226 g/mol. The fourth-order valence-corrected chi connectivity index (χ4v) is 2.03. The van der Waals surface area contributed by atoms with Crippen molar-refractivity contribution in [2.45, 2.75) is 46.5 Å². The Morgan fingerprint density at radius 1 is 1.47 bits per heavy atom. The Bertz CT molecular complexity index is 320. The first kappa shape index (κ1) is 12.3.